The van der Waals surface area contributed by atoms with Gasteiger partial charge in [0.15, 0.2) is 0 Å². The second kappa shape index (κ2) is 4.76. The first-order valence-electron chi connectivity index (χ1n) is 2.97. The van der Waals surface area contributed by atoms with Gasteiger partial charge in [-0.25, -0.2) is 4.99 Å². The third-order valence-electron chi connectivity index (χ3n) is 1.12. The van der Waals surface area contributed by atoms with E-state index in [0.29, 0.717) is 0 Å². The van der Waals surface area contributed by atoms with Gasteiger partial charge in [-0.15, -0.1) is 6.58 Å². The summed E-state index contributed by atoms with van der Waals surface area (Å²) < 4.78 is 0. The maximum Gasteiger partial charge on any atom is 0.0910 e. The molecule has 0 saturated heterocycles. The van der Waals surface area contributed by atoms with Crippen molar-refractivity contribution in [2.45, 2.75) is 0 Å². The first-order chi connectivity index (χ1) is 4.43. The zero-order valence-electron chi connectivity index (χ0n) is 5.83. The molecule has 3 nitrogen and oxygen atoms in total. The molecule has 0 unspecified atom stereocenters. The van der Waals surface area contributed by atoms with E-state index >= 15 is 0 Å². The standard InChI is InChI=1S/C7H10N2.H2O/c1-2-5-9-6-3-4-8-7-9;/h2-4,7H,1,5-6H2;1H2. The fraction of sp³-hybridized carbons (Fsp3) is 0.286. The Kier molecular flexibility index (Phi) is 4.24. The molecule has 0 fully saturated rings. The summed E-state index contributed by atoms with van der Waals surface area (Å²) >= 11 is 0. The quantitative estimate of drug-likeness (QED) is 0.505. The lowest BCUT2D eigenvalue weighted by Crippen LogP contribution is -2.23. The molecular weight excluding hydrogens is 128 g/mol. The summed E-state index contributed by atoms with van der Waals surface area (Å²) in [5, 5.41) is 0. The highest BCUT2D eigenvalue weighted by molar-refractivity contribution is 5.57. The van der Waals surface area contributed by atoms with Crippen molar-refractivity contribution in [2.24, 2.45) is 4.99 Å². The third-order valence-corrected chi connectivity index (χ3v) is 1.12. The molecule has 0 saturated carbocycles. The van der Waals surface area contributed by atoms with Gasteiger partial charge in [-0.05, 0) is 6.08 Å². The highest BCUT2D eigenvalue weighted by Crippen LogP contribution is 1.91. The third kappa shape index (κ3) is 2.46. The Labute approximate surface area is 60.7 Å². The summed E-state index contributed by atoms with van der Waals surface area (Å²) in [6.07, 6.45) is 7.51. The summed E-state index contributed by atoms with van der Waals surface area (Å²) in [6.45, 7) is 5.46. The summed E-state index contributed by atoms with van der Waals surface area (Å²) in [5.41, 5.74) is 0. The Morgan fingerprint density at radius 2 is 2.50 bits per heavy atom. The molecule has 1 rings (SSSR count). The molecule has 56 valence electrons. The van der Waals surface area contributed by atoms with Crippen LogP contribution in [0.5, 0.6) is 0 Å². The van der Waals surface area contributed by atoms with E-state index in [0.717, 1.165) is 13.1 Å². The normalized spacial score (nSPS) is 14.6. The molecule has 0 aromatic carbocycles. The predicted molar refractivity (Wildman–Crippen MR) is 43.0 cm³/mol. The fourth-order valence-electron chi connectivity index (χ4n) is 0.711. The van der Waals surface area contributed by atoms with E-state index in [2.05, 4.69) is 16.5 Å². The summed E-state index contributed by atoms with van der Waals surface area (Å²) in [6, 6.07) is 0. The maximum atomic E-state index is 3.95. The minimum absolute atomic E-state index is 0. The van der Waals surface area contributed by atoms with Crippen molar-refractivity contribution in [3.63, 3.8) is 0 Å². The van der Waals surface area contributed by atoms with Crippen LogP contribution >= 0.6 is 0 Å². The molecule has 3 heteroatoms. The number of aliphatic imine (C=N–C) groups is 1. The van der Waals surface area contributed by atoms with Crippen LogP contribution in [-0.2, 0) is 0 Å². The van der Waals surface area contributed by atoms with Crippen LogP contribution < -0.4 is 0 Å². The van der Waals surface area contributed by atoms with Gasteiger partial charge in [0.2, 0.25) is 0 Å². The van der Waals surface area contributed by atoms with E-state index in [4.69, 9.17) is 0 Å². The van der Waals surface area contributed by atoms with E-state index in [1.54, 1.807) is 6.20 Å². The van der Waals surface area contributed by atoms with Crippen LogP contribution in [0.1, 0.15) is 0 Å². The van der Waals surface area contributed by atoms with Crippen molar-refractivity contribution in [3.05, 3.63) is 24.9 Å². The zero-order valence-corrected chi connectivity index (χ0v) is 5.83. The molecule has 0 radical (unpaired) electrons. The van der Waals surface area contributed by atoms with Crippen molar-refractivity contribution < 1.29 is 5.48 Å². The second-order valence-electron chi connectivity index (χ2n) is 1.89. The van der Waals surface area contributed by atoms with Crippen LogP contribution in [0.3, 0.4) is 0 Å². The summed E-state index contributed by atoms with van der Waals surface area (Å²) in [4.78, 5) is 6.03. The van der Waals surface area contributed by atoms with Gasteiger partial charge in [0, 0.05) is 19.3 Å². The van der Waals surface area contributed by atoms with Crippen LogP contribution in [0.15, 0.2) is 29.9 Å². The van der Waals surface area contributed by atoms with Gasteiger partial charge in [-0.1, -0.05) is 6.08 Å². The van der Waals surface area contributed by atoms with Crippen molar-refractivity contribution in [1.82, 2.24) is 4.90 Å². The molecule has 1 heterocycles. The average molecular weight is 140 g/mol. The van der Waals surface area contributed by atoms with Crippen molar-refractivity contribution in [3.8, 4) is 0 Å². The molecule has 0 aromatic heterocycles. The van der Waals surface area contributed by atoms with Gasteiger partial charge in [0.1, 0.15) is 0 Å². The molecule has 1 aliphatic rings. The lowest BCUT2D eigenvalue weighted by molar-refractivity contribution is 0.523. The number of hydrogen-bond donors (Lipinski definition) is 0. The summed E-state index contributed by atoms with van der Waals surface area (Å²) in [7, 11) is 0. The Hall–Kier alpha value is -1.09. The zero-order chi connectivity index (χ0) is 6.53. The van der Waals surface area contributed by atoms with Gasteiger partial charge in [0.05, 0.1) is 6.34 Å². The van der Waals surface area contributed by atoms with Crippen LogP contribution in [0.2, 0.25) is 0 Å². The van der Waals surface area contributed by atoms with E-state index in [9.17, 15) is 0 Å². The molecule has 10 heavy (non-hydrogen) atoms. The Balaban J connectivity index is 0.000000810. The van der Waals surface area contributed by atoms with E-state index < -0.39 is 0 Å². The van der Waals surface area contributed by atoms with Crippen molar-refractivity contribution in [2.75, 3.05) is 13.1 Å². The van der Waals surface area contributed by atoms with E-state index in [-0.39, 0.29) is 5.48 Å². The monoisotopic (exact) mass is 140 g/mol. The highest BCUT2D eigenvalue weighted by atomic mass is 16.0. The van der Waals surface area contributed by atoms with Crippen LogP contribution in [0, 0.1) is 0 Å². The Morgan fingerprint density at radius 1 is 1.70 bits per heavy atom. The molecule has 2 N–H and O–H groups in total. The molecule has 1 aliphatic heterocycles. The van der Waals surface area contributed by atoms with Crippen LogP contribution in [0.4, 0.5) is 0 Å². The lowest BCUT2D eigenvalue weighted by atomic mass is 10.4. The minimum atomic E-state index is 0. The molecule has 0 aromatic rings. The van der Waals surface area contributed by atoms with Gasteiger partial charge < -0.3 is 10.4 Å². The number of rotatable bonds is 2. The fourth-order valence-corrected chi connectivity index (χ4v) is 0.711. The van der Waals surface area contributed by atoms with Gasteiger partial charge in [-0.2, -0.15) is 0 Å². The largest absolute Gasteiger partial charge is 0.412 e. The summed E-state index contributed by atoms with van der Waals surface area (Å²) in [5.74, 6) is 0. The molecular formula is C7H12N2O. The number of hydrogen-bond acceptors (Lipinski definition) is 2. The highest BCUT2D eigenvalue weighted by Gasteiger charge is 1.94. The second-order valence-corrected chi connectivity index (χ2v) is 1.89. The van der Waals surface area contributed by atoms with Crippen LogP contribution in [0.25, 0.3) is 0 Å². The van der Waals surface area contributed by atoms with Gasteiger partial charge in [-0.3, -0.25) is 0 Å². The Morgan fingerprint density at radius 3 is 3.00 bits per heavy atom. The maximum absolute atomic E-state index is 3.95. The van der Waals surface area contributed by atoms with Gasteiger partial charge >= 0.3 is 0 Å². The average Bonchev–Trinajstić information content (AvgIpc) is 1.91. The predicted octanol–water partition coefficient (Wildman–Crippen LogP) is 0.205. The molecule has 0 atom stereocenters. The lowest BCUT2D eigenvalue weighted by Gasteiger charge is -2.16. The van der Waals surface area contributed by atoms with Crippen molar-refractivity contribution in [1.29, 1.82) is 0 Å². The minimum Gasteiger partial charge on any atom is -0.412 e. The smallest absolute Gasteiger partial charge is 0.0910 e. The molecule has 0 spiro atoms. The first-order valence-corrected chi connectivity index (χ1v) is 2.97. The van der Waals surface area contributed by atoms with E-state index in [1.165, 1.54) is 0 Å². The molecule has 0 aliphatic carbocycles. The SMILES string of the molecule is C=CCN1C=NC=CC1.O. The molecule has 0 amide bonds. The van der Waals surface area contributed by atoms with Crippen LogP contribution in [-0.4, -0.2) is 29.8 Å². The number of nitrogens with zero attached hydrogens (tertiary/aromatic N) is 2. The Bertz CT molecular complexity index is 150. The van der Waals surface area contributed by atoms with Gasteiger partial charge in [0.25, 0.3) is 0 Å². The first kappa shape index (κ1) is 8.91. The molecule has 0 bridgehead atoms. The van der Waals surface area contributed by atoms with Crippen molar-refractivity contribution >= 4 is 6.34 Å². The topological polar surface area (TPSA) is 47.1 Å². The van der Waals surface area contributed by atoms with E-state index in [1.807, 2.05) is 18.5 Å².